The lowest BCUT2D eigenvalue weighted by Gasteiger charge is -2.15. The van der Waals surface area contributed by atoms with Gasteiger partial charge in [-0.1, -0.05) is 31.7 Å². The zero-order valence-electron chi connectivity index (χ0n) is 18.7. The summed E-state index contributed by atoms with van der Waals surface area (Å²) in [6.45, 7) is 8.10. The molecule has 0 saturated heterocycles. The van der Waals surface area contributed by atoms with Crippen LogP contribution < -0.4 is 20.7 Å². The number of H-pyrrole nitrogens is 1. The topological polar surface area (TPSA) is 73.3 Å². The third kappa shape index (κ3) is 5.22. The molecule has 7 heteroatoms. The van der Waals surface area contributed by atoms with Crippen LogP contribution in [-0.4, -0.2) is 23.8 Å². The zero-order chi connectivity index (χ0) is 22.7. The van der Waals surface area contributed by atoms with E-state index in [1.165, 1.54) is 16.3 Å². The lowest BCUT2D eigenvalue weighted by molar-refractivity contribution is 0.393. The first-order valence-corrected chi connectivity index (χ1v) is 10.9. The molecule has 0 radical (unpaired) electrons. The Morgan fingerprint density at radius 2 is 1.52 bits per heavy atom. The first-order chi connectivity index (χ1) is 14.7. The summed E-state index contributed by atoms with van der Waals surface area (Å²) in [7, 11) is 3.13. The minimum atomic E-state index is -0.442. The second-order valence-electron chi connectivity index (χ2n) is 7.87. The average Bonchev–Trinajstić information content (AvgIpc) is 2.69. The number of benzene rings is 2. The molecule has 1 heterocycles. The molecule has 0 aliphatic heterocycles. The van der Waals surface area contributed by atoms with Crippen molar-refractivity contribution in [1.29, 1.82) is 0 Å². The molecule has 0 unspecified atom stereocenters. The van der Waals surface area contributed by atoms with Crippen LogP contribution >= 0.6 is 11.8 Å². The van der Waals surface area contributed by atoms with Gasteiger partial charge >= 0.3 is 5.69 Å². The number of methoxy groups -OCH3 is 2. The molecule has 1 N–H and O–H groups in total. The summed E-state index contributed by atoms with van der Waals surface area (Å²) in [4.78, 5) is 30.2. The summed E-state index contributed by atoms with van der Waals surface area (Å²) in [5.41, 5.74) is 2.88. The van der Waals surface area contributed by atoms with Crippen LogP contribution in [0.3, 0.4) is 0 Å². The Balaban J connectivity index is 2.07. The Hall–Kier alpha value is -2.93. The monoisotopic (exact) mass is 440 g/mol. The maximum absolute atomic E-state index is 13.4. The van der Waals surface area contributed by atoms with E-state index >= 15 is 0 Å². The highest BCUT2D eigenvalue weighted by atomic mass is 32.2. The molecule has 1 aromatic heterocycles. The third-order valence-electron chi connectivity index (χ3n) is 4.93. The highest BCUT2D eigenvalue weighted by molar-refractivity contribution is 7.99. The molecule has 0 amide bonds. The predicted octanol–water partition coefficient (Wildman–Crippen LogP) is 4.49. The van der Waals surface area contributed by atoms with E-state index in [-0.39, 0.29) is 18.0 Å². The van der Waals surface area contributed by atoms with Crippen molar-refractivity contribution in [2.45, 2.75) is 50.1 Å². The normalized spacial score (nSPS) is 11.1. The molecule has 0 fully saturated rings. The van der Waals surface area contributed by atoms with Gasteiger partial charge in [-0.2, -0.15) is 0 Å². The molecule has 0 bridgehead atoms. The molecule has 3 aromatic rings. The summed E-state index contributed by atoms with van der Waals surface area (Å²) >= 11 is 1.42. The number of aromatic amines is 1. The van der Waals surface area contributed by atoms with Crippen LogP contribution in [0.1, 0.15) is 42.0 Å². The maximum Gasteiger partial charge on any atom is 0.329 e. The van der Waals surface area contributed by atoms with Crippen molar-refractivity contribution in [2.24, 2.45) is 0 Å². The van der Waals surface area contributed by atoms with Gasteiger partial charge in [-0.15, -0.1) is 0 Å². The average molecular weight is 441 g/mol. The Morgan fingerprint density at radius 1 is 0.935 bits per heavy atom. The molecule has 0 saturated carbocycles. The van der Waals surface area contributed by atoms with Crippen molar-refractivity contribution >= 4 is 11.8 Å². The number of nitrogens with one attached hydrogen (secondary N) is 1. The fourth-order valence-electron chi connectivity index (χ4n) is 3.55. The fraction of sp³-hybridized carbons (Fsp3) is 0.333. The molecule has 0 spiro atoms. The van der Waals surface area contributed by atoms with E-state index in [1.807, 2.05) is 39.8 Å². The van der Waals surface area contributed by atoms with E-state index in [2.05, 4.69) is 11.1 Å². The molecular weight excluding hydrogens is 412 g/mol. The van der Waals surface area contributed by atoms with Crippen molar-refractivity contribution in [1.82, 2.24) is 9.55 Å². The number of hydrogen-bond acceptors (Lipinski definition) is 5. The quantitative estimate of drug-likeness (QED) is 0.548. The minimum absolute atomic E-state index is 0.0520. The number of rotatable bonds is 7. The van der Waals surface area contributed by atoms with E-state index in [1.54, 1.807) is 32.4 Å². The van der Waals surface area contributed by atoms with Crippen molar-refractivity contribution in [3.63, 3.8) is 0 Å². The molecular formula is C24H28N2O4S. The van der Waals surface area contributed by atoms with Gasteiger partial charge in [0.25, 0.3) is 5.56 Å². The van der Waals surface area contributed by atoms with E-state index in [0.717, 1.165) is 21.6 Å². The molecule has 0 aliphatic carbocycles. The van der Waals surface area contributed by atoms with Crippen LogP contribution in [0.2, 0.25) is 0 Å². The number of aromatic nitrogens is 2. The standard InChI is InChI=1S/C24H28N2O4S/c1-14(2)21-22(31-20-8-15(3)7-16(4)9-20)25-24(28)26(23(21)27)13-17-10-18(29-5)12-19(11-17)30-6/h7-12,14H,13H2,1-6H3,(H,25,28). The molecule has 2 aromatic carbocycles. The number of nitrogens with zero attached hydrogens (tertiary/aromatic N) is 1. The smallest absolute Gasteiger partial charge is 0.329 e. The lowest BCUT2D eigenvalue weighted by atomic mass is 10.1. The third-order valence-corrected chi connectivity index (χ3v) is 5.93. The Bertz CT molecular complexity index is 1170. The second kappa shape index (κ2) is 9.47. The first-order valence-electron chi connectivity index (χ1n) is 10.1. The van der Waals surface area contributed by atoms with Crippen LogP contribution in [-0.2, 0) is 6.54 Å². The fourth-order valence-corrected chi connectivity index (χ4v) is 4.85. The lowest BCUT2D eigenvalue weighted by Crippen LogP contribution is -2.38. The molecule has 0 atom stereocenters. The first kappa shape index (κ1) is 22.7. The van der Waals surface area contributed by atoms with Crippen molar-refractivity contribution in [3.8, 4) is 11.5 Å². The highest BCUT2D eigenvalue weighted by Crippen LogP contribution is 2.31. The molecule has 6 nitrogen and oxygen atoms in total. The number of hydrogen-bond donors (Lipinski definition) is 1. The second-order valence-corrected chi connectivity index (χ2v) is 8.95. The molecule has 31 heavy (non-hydrogen) atoms. The van der Waals surface area contributed by atoms with Gasteiger partial charge in [0.2, 0.25) is 0 Å². The summed E-state index contributed by atoms with van der Waals surface area (Å²) < 4.78 is 11.8. The Labute approximate surface area is 186 Å². The zero-order valence-corrected chi connectivity index (χ0v) is 19.6. The maximum atomic E-state index is 13.4. The highest BCUT2D eigenvalue weighted by Gasteiger charge is 2.19. The van der Waals surface area contributed by atoms with Gasteiger partial charge < -0.3 is 14.5 Å². The van der Waals surface area contributed by atoms with E-state index < -0.39 is 5.69 Å². The number of ether oxygens (including phenoxy) is 2. The van der Waals surface area contributed by atoms with E-state index in [4.69, 9.17) is 9.47 Å². The Morgan fingerprint density at radius 3 is 2.03 bits per heavy atom. The Kier molecular flexibility index (Phi) is 6.95. The summed E-state index contributed by atoms with van der Waals surface area (Å²) in [5.74, 6) is 1.15. The van der Waals surface area contributed by atoms with Crippen molar-refractivity contribution in [3.05, 3.63) is 79.5 Å². The molecule has 164 valence electrons. The van der Waals surface area contributed by atoms with E-state index in [9.17, 15) is 9.59 Å². The van der Waals surface area contributed by atoms with Gasteiger partial charge in [0.1, 0.15) is 11.5 Å². The van der Waals surface area contributed by atoms with Crippen molar-refractivity contribution in [2.75, 3.05) is 14.2 Å². The van der Waals surface area contributed by atoms with Crippen LogP contribution in [0.4, 0.5) is 0 Å². The SMILES string of the molecule is COc1cc(Cn2c(=O)[nH]c(Sc3cc(C)cc(C)c3)c(C(C)C)c2=O)cc(OC)c1. The van der Waals surface area contributed by atoms with E-state index in [0.29, 0.717) is 22.1 Å². The van der Waals surface area contributed by atoms with Gasteiger partial charge in [0.05, 0.1) is 31.4 Å². The largest absolute Gasteiger partial charge is 0.497 e. The van der Waals surface area contributed by atoms with Crippen LogP contribution in [0, 0.1) is 13.8 Å². The van der Waals surface area contributed by atoms with Gasteiger partial charge in [0.15, 0.2) is 0 Å². The van der Waals surface area contributed by atoms with Crippen LogP contribution in [0.5, 0.6) is 11.5 Å². The molecule has 0 aliphatic rings. The summed E-state index contributed by atoms with van der Waals surface area (Å²) in [6, 6.07) is 11.5. The van der Waals surface area contributed by atoms with Crippen molar-refractivity contribution < 1.29 is 9.47 Å². The van der Waals surface area contributed by atoms with Crippen LogP contribution in [0.15, 0.2) is 55.9 Å². The summed E-state index contributed by atoms with van der Waals surface area (Å²) in [5, 5.41) is 0.592. The molecule has 3 rings (SSSR count). The van der Waals surface area contributed by atoms with Gasteiger partial charge in [-0.25, -0.2) is 4.79 Å². The predicted molar refractivity (Wildman–Crippen MR) is 124 cm³/mol. The summed E-state index contributed by atoms with van der Waals surface area (Å²) in [6.07, 6.45) is 0. The number of aryl methyl sites for hydroxylation is 2. The van der Waals surface area contributed by atoms with Gasteiger partial charge in [0, 0.05) is 11.0 Å². The van der Waals surface area contributed by atoms with Gasteiger partial charge in [-0.05, 0) is 60.7 Å². The van der Waals surface area contributed by atoms with Crippen LogP contribution in [0.25, 0.3) is 0 Å². The minimum Gasteiger partial charge on any atom is -0.497 e. The van der Waals surface area contributed by atoms with Gasteiger partial charge in [-0.3, -0.25) is 9.36 Å².